The molecule has 0 fully saturated rings. The van der Waals surface area contributed by atoms with Crippen LogP contribution in [0.4, 0.5) is 13.2 Å². The zero-order chi connectivity index (χ0) is 27.4. The van der Waals surface area contributed by atoms with E-state index in [1.807, 2.05) is 6.07 Å². The number of hydrogen-bond donors (Lipinski definition) is 0. The molecule has 4 aromatic carbocycles. The highest BCUT2D eigenvalue weighted by atomic mass is 19.4. The lowest BCUT2D eigenvalue weighted by Crippen LogP contribution is -2.07. The maximum atomic E-state index is 13.8. The quantitative estimate of drug-likeness (QED) is 0.157. The van der Waals surface area contributed by atoms with E-state index in [-0.39, 0.29) is 12.1 Å². The molecule has 0 radical (unpaired) electrons. The highest BCUT2D eigenvalue weighted by Gasteiger charge is 2.34. The predicted octanol–water partition coefficient (Wildman–Crippen LogP) is 8.22. The Bertz CT molecular complexity index is 1620. The van der Waals surface area contributed by atoms with Crippen molar-refractivity contribution in [3.63, 3.8) is 0 Å². The van der Waals surface area contributed by atoms with E-state index < -0.39 is 17.7 Å². The van der Waals surface area contributed by atoms with Crippen molar-refractivity contribution in [2.24, 2.45) is 0 Å². The topological polar surface area (TPSA) is 57.7 Å². The van der Waals surface area contributed by atoms with Gasteiger partial charge < -0.3 is 14.2 Å². The minimum absolute atomic E-state index is 0.167. The Kier molecular flexibility index (Phi) is 7.19. The van der Waals surface area contributed by atoms with Crippen LogP contribution in [0.2, 0.25) is 0 Å². The Labute approximate surface area is 222 Å². The largest absolute Gasteiger partial charge is 0.489 e. The summed E-state index contributed by atoms with van der Waals surface area (Å²) in [7, 11) is 0. The van der Waals surface area contributed by atoms with Crippen molar-refractivity contribution in [3.05, 3.63) is 114 Å². The van der Waals surface area contributed by atoms with Crippen molar-refractivity contribution in [1.82, 2.24) is 4.98 Å². The summed E-state index contributed by atoms with van der Waals surface area (Å²) in [4.78, 5) is 15.3. The van der Waals surface area contributed by atoms with Crippen LogP contribution in [0.5, 0.6) is 23.0 Å². The minimum atomic E-state index is -4.57. The number of aromatic nitrogens is 1. The number of alkyl halides is 3. The number of fused-ring (bicyclic) bond motifs is 1. The molecule has 1 aromatic heterocycles. The first-order valence-electron chi connectivity index (χ1n) is 12.0. The van der Waals surface area contributed by atoms with Gasteiger partial charge in [-0.1, -0.05) is 54.6 Å². The van der Waals surface area contributed by atoms with E-state index in [4.69, 9.17) is 14.2 Å². The number of ether oxygens (including phenoxy) is 3. The lowest BCUT2D eigenvalue weighted by Gasteiger charge is -2.17. The number of pyridine rings is 1. The molecule has 196 valence electrons. The number of carbonyl (C=O) groups excluding carboxylic acids is 1. The van der Waals surface area contributed by atoms with Gasteiger partial charge >= 0.3 is 12.1 Å². The van der Waals surface area contributed by atoms with Crippen molar-refractivity contribution in [2.75, 3.05) is 0 Å². The normalized spacial score (nSPS) is 11.3. The van der Waals surface area contributed by atoms with Gasteiger partial charge in [0.05, 0.1) is 17.3 Å². The molecule has 5 aromatic rings. The van der Waals surface area contributed by atoms with Gasteiger partial charge in [0, 0.05) is 17.9 Å². The van der Waals surface area contributed by atoms with Crippen LogP contribution in [-0.2, 0) is 17.6 Å². The molecule has 0 aliphatic heterocycles. The minimum Gasteiger partial charge on any atom is -0.489 e. The molecule has 0 N–H and O–H groups in total. The van der Waals surface area contributed by atoms with Crippen LogP contribution in [-0.4, -0.2) is 11.0 Å². The number of esters is 1. The summed E-state index contributed by atoms with van der Waals surface area (Å²) < 4.78 is 58.5. The number of carbonyl (C=O) groups is 1. The predicted molar refractivity (Wildman–Crippen MR) is 141 cm³/mol. The number of halogens is 3. The average Bonchev–Trinajstić information content (AvgIpc) is 2.92. The molecule has 0 spiro atoms. The van der Waals surface area contributed by atoms with E-state index in [0.717, 1.165) is 11.6 Å². The lowest BCUT2D eigenvalue weighted by molar-refractivity contribution is -0.136. The first-order valence-corrected chi connectivity index (χ1v) is 12.0. The third-order valence-electron chi connectivity index (χ3n) is 5.85. The van der Waals surface area contributed by atoms with E-state index >= 15 is 0 Å². The molecule has 1 heterocycles. The van der Waals surface area contributed by atoms with Crippen molar-refractivity contribution in [1.29, 1.82) is 0 Å². The SMILES string of the molecule is CC(=O)Oc1ccc(COc2cccc(-c3c(Oc4ccccc4)cnc4c(C(F)(F)F)cccc34)c2)cc1. The molecule has 0 aliphatic rings. The fourth-order valence-electron chi connectivity index (χ4n) is 4.15. The zero-order valence-corrected chi connectivity index (χ0v) is 20.7. The Morgan fingerprint density at radius 3 is 2.26 bits per heavy atom. The van der Waals surface area contributed by atoms with E-state index in [0.29, 0.717) is 39.5 Å². The van der Waals surface area contributed by atoms with Gasteiger partial charge in [0.2, 0.25) is 0 Å². The van der Waals surface area contributed by atoms with Crippen LogP contribution in [0.25, 0.3) is 22.0 Å². The van der Waals surface area contributed by atoms with Crippen LogP contribution >= 0.6 is 0 Å². The summed E-state index contributed by atoms with van der Waals surface area (Å²) in [6.07, 6.45) is -3.25. The van der Waals surface area contributed by atoms with Gasteiger partial charge in [-0.2, -0.15) is 13.2 Å². The second-order valence-corrected chi connectivity index (χ2v) is 8.67. The lowest BCUT2D eigenvalue weighted by atomic mass is 9.98. The smallest absolute Gasteiger partial charge is 0.418 e. The van der Waals surface area contributed by atoms with E-state index in [1.54, 1.807) is 78.9 Å². The number of nitrogens with zero attached hydrogens (tertiary/aromatic N) is 1. The monoisotopic (exact) mass is 529 g/mol. The van der Waals surface area contributed by atoms with Crippen molar-refractivity contribution < 1.29 is 32.2 Å². The molecule has 0 saturated heterocycles. The summed E-state index contributed by atoms with van der Waals surface area (Å²) in [5.74, 6) is 1.38. The maximum absolute atomic E-state index is 13.8. The van der Waals surface area contributed by atoms with Crippen LogP contribution in [0.3, 0.4) is 0 Å². The molecule has 0 unspecified atom stereocenters. The highest BCUT2D eigenvalue weighted by molar-refractivity contribution is 5.99. The number of para-hydroxylation sites is 2. The Morgan fingerprint density at radius 2 is 1.54 bits per heavy atom. The summed E-state index contributed by atoms with van der Waals surface area (Å²) >= 11 is 0. The molecule has 5 rings (SSSR count). The first-order chi connectivity index (χ1) is 18.8. The first kappa shape index (κ1) is 25.8. The standard InChI is InChI=1S/C31H22F3NO4/c1-20(36)38-24-15-13-21(14-16-24)19-37-25-10-5-7-22(17-25)29-26-11-6-12-27(31(32,33)34)30(26)35-18-28(29)39-23-8-3-2-4-9-23/h2-18H,19H2,1H3. The van der Waals surface area contributed by atoms with Gasteiger partial charge in [0.15, 0.2) is 5.75 Å². The fourth-order valence-corrected chi connectivity index (χ4v) is 4.15. The summed E-state index contributed by atoms with van der Waals surface area (Å²) in [5, 5.41) is 0.302. The maximum Gasteiger partial charge on any atom is 0.418 e. The third-order valence-corrected chi connectivity index (χ3v) is 5.85. The molecule has 5 nitrogen and oxygen atoms in total. The highest BCUT2D eigenvalue weighted by Crippen LogP contribution is 2.42. The molecular formula is C31H22F3NO4. The van der Waals surface area contributed by atoms with E-state index in [2.05, 4.69) is 4.98 Å². The van der Waals surface area contributed by atoms with Gasteiger partial charge in [-0.3, -0.25) is 9.78 Å². The van der Waals surface area contributed by atoms with Crippen LogP contribution in [0.15, 0.2) is 103 Å². The second kappa shape index (κ2) is 10.9. The number of hydrogen-bond acceptors (Lipinski definition) is 5. The molecule has 0 atom stereocenters. The van der Waals surface area contributed by atoms with Crippen LogP contribution < -0.4 is 14.2 Å². The second-order valence-electron chi connectivity index (χ2n) is 8.67. The molecule has 8 heteroatoms. The molecule has 0 bridgehead atoms. The average molecular weight is 530 g/mol. The number of benzene rings is 4. The zero-order valence-electron chi connectivity index (χ0n) is 20.7. The van der Waals surface area contributed by atoms with Crippen LogP contribution in [0.1, 0.15) is 18.1 Å². The Hall–Kier alpha value is -4.85. The van der Waals surface area contributed by atoms with Gasteiger partial charge in [-0.25, -0.2) is 0 Å². The van der Waals surface area contributed by atoms with Crippen LogP contribution in [0, 0.1) is 0 Å². The Morgan fingerprint density at radius 1 is 0.821 bits per heavy atom. The summed E-state index contributed by atoms with van der Waals surface area (Å²) in [6.45, 7) is 1.56. The summed E-state index contributed by atoms with van der Waals surface area (Å²) in [5.41, 5.74) is 0.923. The molecule has 39 heavy (non-hydrogen) atoms. The van der Waals surface area contributed by atoms with Gasteiger partial charge in [-0.15, -0.1) is 0 Å². The van der Waals surface area contributed by atoms with Gasteiger partial charge in [0.1, 0.15) is 23.9 Å². The fraction of sp³-hybridized carbons (Fsp3) is 0.0968. The van der Waals surface area contributed by atoms with Crippen molar-refractivity contribution in [2.45, 2.75) is 19.7 Å². The molecule has 0 amide bonds. The van der Waals surface area contributed by atoms with Gasteiger partial charge in [-0.05, 0) is 53.6 Å². The molecule has 0 saturated carbocycles. The van der Waals surface area contributed by atoms with Gasteiger partial charge in [0.25, 0.3) is 0 Å². The molecule has 0 aliphatic carbocycles. The third kappa shape index (κ3) is 6.01. The summed E-state index contributed by atoms with van der Waals surface area (Å²) in [6, 6.07) is 26.9. The Balaban J connectivity index is 1.52. The van der Waals surface area contributed by atoms with Crippen molar-refractivity contribution in [3.8, 4) is 34.1 Å². The van der Waals surface area contributed by atoms with Crippen molar-refractivity contribution >= 4 is 16.9 Å². The molecular weight excluding hydrogens is 507 g/mol. The van der Waals surface area contributed by atoms with E-state index in [1.165, 1.54) is 19.2 Å². The van der Waals surface area contributed by atoms with E-state index in [9.17, 15) is 18.0 Å². The number of rotatable bonds is 7.